The Labute approximate surface area is 127 Å². The zero-order chi connectivity index (χ0) is 15.5. The molecule has 1 aromatic carbocycles. The van der Waals surface area contributed by atoms with Gasteiger partial charge >= 0.3 is 0 Å². The quantitative estimate of drug-likeness (QED) is 0.697. The van der Waals surface area contributed by atoms with E-state index in [1.54, 1.807) is 19.1 Å². The lowest BCUT2D eigenvalue weighted by atomic mass is 9.98. The molecule has 118 valence electrons. The van der Waals surface area contributed by atoms with E-state index in [1.165, 1.54) is 0 Å². The molecule has 0 aromatic heterocycles. The van der Waals surface area contributed by atoms with Crippen LogP contribution >= 0.6 is 0 Å². The number of ether oxygens (including phenoxy) is 2. The average molecular weight is 294 g/mol. The van der Waals surface area contributed by atoms with Gasteiger partial charge in [0.2, 0.25) is 5.91 Å². The van der Waals surface area contributed by atoms with Crippen LogP contribution in [0.4, 0.5) is 0 Å². The first kappa shape index (κ1) is 17.6. The number of amides is 1. The molecule has 0 fully saturated rings. The Morgan fingerprint density at radius 3 is 2.19 bits per heavy atom. The lowest BCUT2D eigenvalue weighted by Gasteiger charge is -2.26. The number of methoxy groups -OCH3 is 2. The summed E-state index contributed by atoms with van der Waals surface area (Å²) in [5.74, 6) is -0.142. The molecular weight excluding hydrogens is 268 g/mol. The summed E-state index contributed by atoms with van der Waals surface area (Å²) >= 11 is 0. The van der Waals surface area contributed by atoms with Crippen LogP contribution in [0.1, 0.15) is 5.56 Å². The molecule has 5 heteroatoms. The Kier molecular flexibility index (Phi) is 8.66. The van der Waals surface area contributed by atoms with E-state index >= 15 is 0 Å². The van der Waals surface area contributed by atoms with Crippen molar-refractivity contribution >= 4 is 5.91 Å². The molecule has 5 nitrogen and oxygen atoms in total. The van der Waals surface area contributed by atoms with E-state index in [9.17, 15) is 4.79 Å². The van der Waals surface area contributed by atoms with E-state index in [2.05, 4.69) is 0 Å². The summed E-state index contributed by atoms with van der Waals surface area (Å²) in [6.07, 6.45) is 0.659. The predicted octanol–water partition coefficient (Wildman–Crippen LogP) is 0.925. The second-order valence-corrected chi connectivity index (χ2v) is 4.93. The average Bonchev–Trinajstić information content (AvgIpc) is 2.53. The minimum Gasteiger partial charge on any atom is -0.383 e. The van der Waals surface area contributed by atoms with Crippen LogP contribution in [0.3, 0.4) is 0 Å². The van der Waals surface area contributed by atoms with Crippen molar-refractivity contribution in [2.24, 2.45) is 11.7 Å². The van der Waals surface area contributed by atoms with Crippen LogP contribution in [0.2, 0.25) is 0 Å². The lowest BCUT2D eigenvalue weighted by molar-refractivity contribution is -0.136. The van der Waals surface area contributed by atoms with Crippen LogP contribution in [-0.2, 0) is 20.7 Å². The largest absolute Gasteiger partial charge is 0.383 e. The van der Waals surface area contributed by atoms with Crippen LogP contribution in [-0.4, -0.2) is 57.9 Å². The van der Waals surface area contributed by atoms with Crippen molar-refractivity contribution in [2.75, 3.05) is 47.1 Å². The molecule has 0 bridgehead atoms. The number of benzene rings is 1. The third kappa shape index (κ3) is 6.25. The molecule has 0 spiro atoms. The molecule has 1 amide bonds. The summed E-state index contributed by atoms with van der Waals surface area (Å²) in [6.45, 7) is 2.48. The Morgan fingerprint density at radius 1 is 1.14 bits per heavy atom. The number of carbonyl (C=O) groups excluding carboxylic acids is 1. The van der Waals surface area contributed by atoms with E-state index in [4.69, 9.17) is 15.2 Å². The molecule has 0 aliphatic rings. The van der Waals surface area contributed by atoms with Gasteiger partial charge in [-0.25, -0.2) is 0 Å². The summed E-state index contributed by atoms with van der Waals surface area (Å²) in [6, 6.07) is 9.95. The zero-order valence-electron chi connectivity index (χ0n) is 13.0. The van der Waals surface area contributed by atoms with Gasteiger partial charge in [-0.2, -0.15) is 0 Å². The molecule has 0 saturated heterocycles. The fourth-order valence-electron chi connectivity index (χ4n) is 2.16. The van der Waals surface area contributed by atoms with Crippen LogP contribution in [0.15, 0.2) is 30.3 Å². The highest BCUT2D eigenvalue weighted by Gasteiger charge is 2.23. The van der Waals surface area contributed by atoms with Gasteiger partial charge in [-0.3, -0.25) is 4.79 Å². The smallest absolute Gasteiger partial charge is 0.227 e. The van der Waals surface area contributed by atoms with Crippen LogP contribution in [0, 0.1) is 5.92 Å². The van der Waals surface area contributed by atoms with Crippen molar-refractivity contribution in [3.05, 3.63) is 35.9 Å². The molecule has 0 heterocycles. The van der Waals surface area contributed by atoms with E-state index < -0.39 is 0 Å². The maximum Gasteiger partial charge on any atom is 0.227 e. The van der Waals surface area contributed by atoms with Gasteiger partial charge in [0.05, 0.1) is 19.1 Å². The third-order valence-corrected chi connectivity index (χ3v) is 3.40. The van der Waals surface area contributed by atoms with Gasteiger partial charge in [0.25, 0.3) is 0 Å². The molecule has 1 aromatic rings. The van der Waals surface area contributed by atoms with Crippen molar-refractivity contribution in [1.29, 1.82) is 0 Å². The number of nitrogens with two attached hydrogens (primary N) is 1. The molecule has 1 unspecified atom stereocenters. The minimum absolute atomic E-state index is 0.0652. The van der Waals surface area contributed by atoms with Crippen molar-refractivity contribution in [3.8, 4) is 0 Å². The molecule has 0 aliphatic carbocycles. The van der Waals surface area contributed by atoms with E-state index in [0.29, 0.717) is 39.3 Å². The molecule has 1 atom stereocenters. The summed E-state index contributed by atoms with van der Waals surface area (Å²) in [5.41, 5.74) is 6.93. The van der Waals surface area contributed by atoms with Gasteiger partial charge in [-0.05, 0) is 12.0 Å². The Hall–Kier alpha value is -1.43. The molecular formula is C16H26N2O3. The predicted molar refractivity (Wildman–Crippen MR) is 83.0 cm³/mol. The fraction of sp³-hybridized carbons (Fsp3) is 0.562. The first-order valence-electron chi connectivity index (χ1n) is 7.23. The summed E-state index contributed by atoms with van der Waals surface area (Å²) in [7, 11) is 3.26. The molecule has 1 rings (SSSR count). The van der Waals surface area contributed by atoms with Crippen LogP contribution in [0.5, 0.6) is 0 Å². The first-order chi connectivity index (χ1) is 10.2. The zero-order valence-corrected chi connectivity index (χ0v) is 13.0. The number of hydrogen-bond acceptors (Lipinski definition) is 4. The lowest BCUT2D eigenvalue weighted by Crippen LogP contribution is -2.43. The number of hydrogen-bond donors (Lipinski definition) is 1. The Balaban J connectivity index is 2.67. The Bertz CT molecular complexity index is 390. The second-order valence-electron chi connectivity index (χ2n) is 4.93. The summed E-state index contributed by atoms with van der Waals surface area (Å²) in [5, 5.41) is 0. The highest BCUT2D eigenvalue weighted by atomic mass is 16.5. The first-order valence-corrected chi connectivity index (χ1v) is 7.23. The Morgan fingerprint density at radius 2 is 1.71 bits per heavy atom. The van der Waals surface area contributed by atoms with Crippen molar-refractivity contribution in [3.63, 3.8) is 0 Å². The highest BCUT2D eigenvalue weighted by molar-refractivity contribution is 5.79. The topological polar surface area (TPSA) is 64.8 Å². The molecule has 0 aliphatic heterocycles. The van der Waals surface area contributed by atoms with Gasteiger partial charge in [-0.15, -0.1) is 0 Å². The van der Waals surface area contributed by atoms with Crippen LogP contribution in [0.25, 0.3) is 0 Å². The van der Waals surface area contributed by atoms with Crippen molar-refractivity contribution in [1.82, 2.24) is 4.90 Å². The molecule has 21 heavy (non-hydrogen) atoms. The maximum atomic E-state index is 12.6. The SMILES string of the molecule is COCCN(CCOC)C(=O)C(CN)Cc1ccccc1. The molecule has 0 saturated carbocycles. The molecule has 2 N–H and O–H groups in total. The summed E-state index contributed by atoms with van der Waals surface area (Å²) < 4.78 is 10.1. The van der Waals surface area contributed by atoms with Gasteiger partial charge in [0.15, 0.2) is 0 Å². The van der Waals surface area contributed by atoms with E-state index in [0.717, 1.165) is 5.56 Å². The maximum absolute atomic E-state index is 12.6. The summed E-state index contributed by atoms with van der Waals surface area (Å²) in [4.78, 5) is 14.4. The minimum atomic E-state index is -0.207. The van der Waals surface area contributed by atoms with Gasteiger partial charge in [-0.1, -0.05) is 30.3 Å². The van der Waals surface area contributed by atoms with Crippen molar-refractivity contribution in [2.45, 2.75) is 6.42 Å². The van der Waals surface area contributed by atoms with Gasteiger partial charge < -0.3 is 20.1 Å². The van der Waals surface area contributed by atoms with Gasteiger partial charge in [0.1, 0.15) is 0 Å². The van der Waals surface area contributed by atoms with Gasteiger partial charge in [0, 0.05) is 33.9 Å². The number of nitrogens with zero attached hydrogens (tertiary/aromatic N) is 1. The van der Waals surface area contributed by atoms with Crippen molar-refractivity contribution < 1.29 is 14.3 Å². The second kappa shape index (κ2) is 10.3. The highest BCUT2D eigenvalue weighted by Crippen LogP contribution is 2.11. The third-order valence-electron chi connectivity index (χ3n) is 3.40. The van der Waals surface area contributed by atoms with Crippen LogP contribution < -0.4 is 5.73 Å². The van der Waals surface area contributed by atoms with E-state index in [-0.39, 0.29) is 11.8 Å². The molecule has 0 radical (unpaired) electrons. The fourth-order valence-corrected chi connectivity index (χ4v) is 2.16. The number of carbonyl (C=O) groups is 1. The number of rotatable bonds is 10. The normalized spacial score (nSPS) is 12.1. The van der Waals surface area contributed by atoms with E-state index in [1.807, 2.05) is 30.3 Å². The standard InChI is InChI=1S/C16H26N2O3/c1-20-10-8-18(9-11-21-2)16(19)15(13-17)12-14-6-4-3-5-7-14/h3-7,15H,8-13,17H2,1-2H3. The monoisotopic (exact) mass is 294 g/mol.